The van der Waals surface area contributed by atoms with Gasteiger partial charge in [0.15, 0.2) is 6.10 Å². The van der Waals surface area contributed by atoms with Crippen LogP contribution in [0.25, 0.3) is 21.5 Å². The van der Waals surface area contributed by atoms with Gasteiger partial charge < -0.3 is 14.6 Å². The molecule has 134 valence electrons. The molecule has 0 saturated heterocycles. The summed E-state index contributed by atoms with van der Waals surface area (Å²) in [6.07, 6.45) is 2.34. The van der Waals surface area contributed by atoms with Gasteiger partial charge in [-0.25, -0.2) is 4.79 Å². The summed E-state index contributed by atoms with van der Waals surface area (Å²) >= 11 is 1.65. The predicted octanol–water partition coefficient (Wildman–Crippen LogP) is 4.18. The first-order valence-corrected chi connectivity index (χ1v) is 9.45. The van der Waals surface area contributed by atoms with Crippen molar-refractivity contribution in [2.45, 2.75) is 11.0 Å². The number of fused-ring (bicyclic) bond motifs is 2. The molecule has 0 bridgehead atoms. The third kappa shape index (κ3) is 3.69. The SMILES string of the molecule is C=CC(=O)OC(CO)COc1c2ccccc2cc2cccc(SC)c12. The Balaban J connectivity index is 2.06. The van der Waals surface area contributed by atoms with Crippen LogP contribution in [0.1, 0.15) is 0 Å². The normalized spacial score (nSPS) is 12.1. The van der Waals surface area contributed by atoms with Gasteiger partial charge >= 0.3 is 5.97 Å². The molecule has 0 aliphatic rings. The number of carbonyl (C=O) groups is 1. The van der Waals surface area contributed by atoms with Crippen LogP contribution in [0.5, 0.6) is 5.75 Å². The first-order valence-electron chi connectivity index (χ1n) is 8.23. The molecule has 0 spiro atoms. The second-order valence-electron chi connectivity index (χ2n) is 5.74. The molecule has 3 rings (SSSR count). The fraction of sp³-hybridized carbons (Fsp3) is 0.190. The molecule has 0 aliphatic heterocycles. The zero-order chi connectivity index (χ0) is 18.5. The smallest absolute Gasteiger partial charge is 0.330 e. The monoisotopic (exact) mass is 368 g/mol. The Kier molecular flexibility index (Phi) is 5.81. The molecular formula is C21H20O4S. The summed E-state index contributed by atoms with van der Waals surface area (Å²) in [5, 5.41) is 13.6. The Morgan fingerprint density at radius 1 is 1.23 bits per heavy atom. The van der Waals surface area contributed by atoms with E-state index < -0.39 is 12.1 Å². The van der Waals surface area contributed by atoms with Gasteiger partial charge in [0, 0.05) is 21.7 Å². The van der Waals surface area contributed by atoms with Gasteiger partial charge in [-0.15, -0.1) is 11.8 Å². The quantitative estimate of drug-likeness (QED) is 0.293. The van der Waals surface area contributed by atoms with Gasteiger partial charge in [0.1, 0.15) is 12.4 Å². The highest BCUT2D eigenvalue weighted by Gasteiger charge is 2.17. The average molecular weight is 368 g/mol. The van der Waals surface area contributed by atoms with Crippen molar-refractivity contribution in [3.8, 4) is 5.75 Å². The number of esters is 1. The van der Waals surface area contributed by atoms with E-state index in [1.807, 2.05) is 36.6 Å². The molecule has 3 aromatic rings. The summed E-state index contributed by atoms with van der Waals surface area (Å²) in [4.78, 5) is 12.5. The molecule has 1 unspecified atom stereocenters. The van der Waals surface area contributed by atoms with Crippen molar-refractivity contribution < 1.29 is 19.4 Å². The van der Waals surface area contributed by atoms with E-state index in [1.165, 1.54) is 0 Å². The Hall–Kier alpha value is -2.50. The van der Waals surface area contributed by atoms with Crippen LogP contribution in [0.3, 0.4) is 0 Å². The number of aliphatic hydroxyl groups is 1. The molecule has 1 atom stereocenters. The van der Waals surface area contributed by atoms with Crippen molar-refractivity contribution in [2.24, 2.45) is 0 Å². The van der Waals surface area contributed by atoms with Gasteiger partial charge in [-0.1, -0.05) is 43.0 Å². The van der Waals surface area contributed by atoms with E-state index in [2.05, 4.69) is 24.8 Å². The zero-order valence-corrected chi connectivity index (χ0v) is 15.3. The van der Waals surface area contributed by atoms with E-state index in [4.69, 9.17) is 9.47 Å². The average Bonchev–Trinajstić information content (AvgIpc) is 2.69. The number of ether oxygens (including phenoxy) is 2. The summed E-state index contributed by atoms with van der Waals surface area (Å²) in [6, 6.07) is 16.3. The van der Waals surface area contributed by atoms with Crippen LogP contribution in [-0.2, 0) is 9.53 Å². The topological polar surface area (TPSA) is 55.8 Å². The van der Waals surface area contributed by atoms with E-state index in [-0.39, 0.29) is 13.2 Å². The number of thioether (sulfide) groups is 1. The Labute approximate surface area is 156 Å². The van der Waals surface area contributed by atoms with E-state index in [0.29, 0.717) is 0 Å². The lowest BCUT2D eigenvalue weighted by Crippen LogP contribution is -2.28. The first-order chi connectivity index (χ1) is 12.7. The van der Waals surface area contributed by atoms with E-state index in [1.54, 1.807) is 11.8 Å². The van der Waals surface area contributed by atoms with Crippen LogP contribution in [0.4, 0.5) is 0 Å². The van der Waals surface area contributed by atoms with E-state index in [0.717, 1.165) is 38.3 Å². The van der Waals surface area contributed by atoms with Crippen LogP contribution in [0, 0.1) is 0 Å². The van der Waals surface area contributed by atoms with Crippen LogP contribution in [0.15, 0.2) is 66.1 Å². The lowest BCUT2D eigenvalue weighted by Gasteiger charge is -2.19. The molecule has 5 heteroatoms. The van der Waals surface area contributed by atoms with Gasteiger partial charge in [-0.3, -0.25) is 0 Å². The van der Waals surface area contributed by atoms with E-state index in [9.17, 15) is 9.90 Å². The van der Waals surface area contributed by atoms with Gasteiger partial charge in [-0.05, 0) is 29.2 Å². The predicted molar refractivity (Wildman–Crippen MR) is 106 cm³/mol. The molecule has 26 heavy (non-hydrogen) atoms. The van der Waals surface area contributed by atoms with Crippen LogP contribution < -0.4 is 4.74 Å². The maximum absolute atomic E-state index is 11.4. The minimum Gasteiger partial charge on any atom is -0.488 e. The minimum atomic E-state index is -0.754. The van der Waals surface area contributed by atoms with Crippen molar-refractivity contribution in [3.05, 3.63) is 61.2 Å². The van der Waals surface area contributed by atoms with Crippen molar-refractivity contribution in [1.29, 1.82) is 0 Å². The number of hydrogen-bond acceptors (Lipinski definition) is 5. The summed E-state index contributed by atoms with van der Waals surface area (Å²) in [7, 11) is 0. The molecule has 4 nitrogen and oxygen atoms in total. The van der Waals surface area contributed by atoms with Crippen molar-refractivity contribution in [1.82, 2.24) is 0 Å². The second-order valence-corrected chi connectivity index (χ2v) is 6.59. The highest BCUT2D eigenvalue weighted by atomic mass is 32.2. The standard InChI is InChI=1S/C21H20O4S/c1-3-19(23)25-16(12-22)13-24-21-17-9-5-4-7-14(17)11-15-8-6-10-18(26-2)20(15)21/h3-11,16,22H,1,12-13H2,2H3. The molecule has 0 aliphatic carbocycles. The lowest BCUT2D eigenvalue weighted by atomic mass is 10.0. The maximum Gasteiger partial charge on any atom is 0.330 e. The third-order valence-corrected chi connectivity index (χ3v) is 4.87. The van der Waals surface area contributed by atoms with Crippen molar-refractivity contribution in [3.63, 3.8) is 0 Å². The van der Waals surface area contributed by atoms with Crippen molar-refractivity contribution >= 4 is 39.3 Å². The highest BCUT2D eigenvalue weighted by molar-refractivity contribution is 7.98. The van der Waals surface area contributed by atoms with Gasteiger partial charge in [0.2, 0.25) is 0 Å². The second kappa shape index (κ2) is 8.25. The molecule has 1 N–H and O–H groups in total. The largest absolute Gasteiger partial charge is 0.488 e. The highest BCUT2D eigenvalue weighted by Crippen LogP contribution is 2.39. The van der Waals surface area contributed by atoms with Crippen molar-refractivity contribution in [2.75, 3.05) is 19.5 Å². The molecule has 0 fully saturated rings. The fourth-order valence-electron chi connectivity index (χ4n) is 2.88. The molecule has 0 radical (unpaired) electrons. The van der Waals surface area contributed by atoms with E-state index >= 15 is 0 Å². The number of aliphatic hydroxyl groups excluding tert-OH is 1. The Morgan fingerprint density at radius 3 is 2.73 bits per heavy atom. The molecule has 0 aromatic heterocycles. The minimum absolute atomic E-state index is 0.0574. The molecule has 0 amide bonds. The van der Waals surface area contributed by atoms with Crippen LogP contribution in [-0.4, -0.2) is 36.6 Å². The number of rotatable bonds is 7. The van der Waals surface area contributed by atoms with Crippen LogP contribution in [0.2, 0.25) is 0 Å². The van der Waals surface area contributed by atoms with Gasteiger partial charge in [0.25, 0.3) is 0 Å². The number of hydrogen-bond donors (Lipinski definition) is 1. The molecular weight excluding hydrogens is 348 g/mol. The Bertz CT molecular complexity index is 951. The summed E-state index contributed by atoms with van der Waals surface area (Å²) < 4.78 is 11.2. The van der Waals surface area contributed by atoms with Crippen LogP contribution >= 0.6 is 11.8 Å². The third-order valence-electron chi connectivity index (χ3n) is 4.09. The Morgan fingerprint density at radius 2 is 2.00 bits per heavy atom. The molecule has 3 aromatic carbocycles. The molecule has 0 heterocycles. The summed E-state index contributed by atoms with van der Waals surface area (Å²) in [5.41, 5.74) is 0. The lowest BCUT2D eigenvalue weighted by molar-refractivity contribution is -0.146. The summed E-state index contributed by atoms with van der Waals surface area (Å²) in [6.45, 7) is 3.11. The van der Waals surface area contributed by atoms with Gasteiger partial charge in [0.05, 0.1) is 6.61 Å². The summed E-state index contributed by atoms with van der Waals surface area (Å²) in [5.74, 6) is 0.149. The fourth-order valence-corrected chi connectivity index (χ4v) is 3.51. The molecule has 0 saturated carbocycles. The van der Waals surface area contributed by atoms with Gasteiger partial charge in [-0.2, -0.15) is 0 Å². The zero-order valence-electron chi connectivity index (χ0n) is 14.5. The first kappa shape index (κ1) is 18.3. The number of benzene rings is 3. The maximum atomic E-state index is 11.4. The number of carbonyl (C=O) groups excluding carboxylic acids is 1.